The number of rotatable bonds is 5. The summed E-state index contributed by atoms with van der Waals surface area (Å²) in [6.07, 6.45) is 0.428. The summed E-state index contributed by atoms with van der Waals surface area (Å²) < 4.78 is 13.3. The van der Waals surface area contributed by atoms with Gasteiger partial charge in [0.2, 0.25) is 0 Å². The SMILES string of the molecule is Cc1ccc(C(=O)CCN(C)C(C)C)cc1F. The monoisotopic (exact) mass is 237 g/mol. The number of halogens is 1. The first-order valence-corrected chi connectivity index (χ1v) is 5.91. The van der Waals surface area contributed by atoms with E-state index in [4.69, 9.17) is 0 Å². The average molecular weight is 237 g/mol. The third kappa shape index (κ3) is 3.93. The van der Waals surface area contributed by atoms with Crippen molar-refractivity contribution in [1.82, 2.24) is 4.90 Å². The molecule has 0 amide bonds. The molecule has 0 radical (unpaired) electrons. The highest BCUT2D eigenvalue weighted by atomic mass is 19.1. The van der Waals surface area contributed by atoms with Gasteiger partial charge < -0.3 is 4.90 Å². The predicted molar refractivity (Wildman–Crippen MR) is 67.9 cm³/mol. The van der Waals surface area contributed by atoms with E-state index in [2.05, 4.69) is 18.7 Å². The second kappa shape index (κ2) is 5.92. The summed E-state index contributed by atoms with van der Waals surface area (Å²) in [6.45, 7) is 6.55. The van der Waals surface area contributed by atoms with Crippen LogP contribution in [0.15, 0.2) is 18.2 Å². The van der Waals surface area contributed by atoms with Crippen LogP contribution in [0.4, 0.5) is 4.39 Å². The molecule has 0 saturated heterocycles. The van der Waals surface area contributed by atoms with Gasteiger partial charge in [-0.1, -0.05) is 12.1 Å². The van der Waals surface area contributed by atoms with Crippen molar-refractivity contribution in [2.24, 2.45) is 0 Å². The summed E-state index contributed by atoms with van der Waals surface area (Å²) >= 11 is 0. The number of Topliss-reactive ketones (excluding diaryl/α,β-unsaturated/α-hetero) is 1. The molecule has 94 valence electrons. The zero-order valence-electron chi connectivity index (χ0n) is 11.0. The molecule has 1 aromatic carbocycles. The van der Waals surface area contributed by atoms with Crippen molar-refractivity contribution in [2.45, 2.75) is 33.2 Å². The lowest BCUT2D eigenvalue weighted by Crippen LogP contribution is -2.28. The first kappa shape index (κ1) is 13.8. The van der Waals surface area contributed by atoms with Gasteiger partial charge >= 0.3 is 0 Å². The number of hydrogen-bond donors (Lipinski definition) is 0. The number of aryl methyl sites for hydroxylation is 1. The number of carbonyl (C=O) groups excluding carboxylic acids is 1. The largest absolute Gasteiger partial charge is 0.304 e. The van der Waals surface area contributed by atoms with Crippen LogP contribution in [0.25, 0.3) is 0 Å². The second-order valence-corrected chi connectivity index (χ2v) is 4.71. The highest BCUT2D eigenvalue weighted by Crippen LogP contribution is 2.11. The van der Waals surface area contributed by atoms with Crippen molar-refractivity contribution in [3.63, 3.8) is 0 Å². The summed E-state index contributed by atoms with van der Waals surface area (Å²) in [5, 5.41) is 0. The molecule has 0 atom stereocenters. The normalized spacial score (nSPS) is 11.2. The third-order valence-corrected chi connectivity index (χ3v) is 3.07. The van der Waals surface area contributed by atoms with Crippen molar-refractivity contribution in [2.75, 3.05) is 13.6 Å². The van der Waals surface area contributed by atoms with E-state index in [-0.39, 0.29) is 11.6 Å². The Morgan fingerprint density at radius 2 is 2.06 bits per heavy atom. The van der Waals surface area contributed by atoms with E-state index >= 15 is 0 Å². The number of ketones is 1. The van der Waals surface area contributed by atoms with Gasteiger partial charge in [0, 0.05) is 24.6 Å². The summed E-state index contributed by atoms with van der Waals surface area (Å²) in [7, 11) is 1.98. The van der Waals surface area contributed by atoms with Crippen molar-refractivity contribution >= 4 is 5.78 Å². The molecule has 0 bridgehead atoms. The maximum atomic E-state index is 13.3. The van der Waals surface area contributed by atoms with Gasteiger partial charge in [0.05, 0.1) is 0 Å². The molecule has 0 N–H and O–H groups in total. The van der Waals surface area contributed by atoms with Gasteiger partial charge in [0.25, 0.3) is 0 Å². The summed E-state index contributed by atoms with van der Waals surface area (Å²) in [5.74, 6) is -0.315. The van der Waals surface area contributed by atoms with Gasteiger partial charge in [-0.25, -0.2) is 4.39 Å². The predicted octanol–water partition coefficient (Wildman–Crippen LogP) is 3.05. The van der Waals surface area contributed by atoms with Gasteiger partial charge in [-0.15, -0.1) is 0 Å². The fraction of sp³-hybridized carbons (Fsp3) is 0.500. The van der Waals surface area contributed by atoms with Gasteiger partial charge in [-0.3, -0.25) is 4.79 Å². The third-order valence-electron chi connectivity index (χ3n) is 3.07. The molecular weight excluding hydrogens is 217 g/mol. The van der Waals surface area contributed by atoms with Crippen LogP contribution in [-0.4, -0.2) is 30.3 Å². The highest BCUT2D eigenvalue weighted by molar-refractivity contribution is 5.96. The van der Waals surface area contributed by atoms with E-state index in [0.29, 0.717) is 30.1 Å². The standard InChI is InChI=1S/C14H20FNO/c1-10(2)16(4)8-7-14(17)12-6-5-11(3)13(15)9-12/h5-6,9-10H,7-8H2,1-4H3. The molecule has 0 aromatic heterocycles. The van der Waals surface area contributed by atoms with E-state index in [0.717, 1.165) is 0 Å². The van der Waals surface area contributed by atoms with Crippen LogP contribution in [-0.2, 0) is 0 Å². The molecule has 0 aliphatic rings. The molecule has 0 fully saturated rings. The quantitative estimate of drug-likeness (QED) is 0.734. The zero-order chi connectivity index (χ0) is 13.0. The number of nitrogens with zero attached hydrogens (tertiary/aromatic N) is 1. The van der Waals surface area contributed by atoms with Crippen molar-refractivity contribution < 1.29 is 9.18 Å². The topological polar surface area (TPSA) is 20.3 Å². The Hall–Kier alpha value is -1.22. The Bertz CT molecular complexity index is 401. The van der Waals surface area contributed by atoms with E-state index in [9.17, 15) is 9.18 Å². The van der Waals surface area contributed by atoms with Gasteiger partial charge in [0.1, 0.15) is 5.82 Å². The van der Waals surface area contributed by atoms with E-state index in [1.54, 1.807) is 19.1 Å². The average Bonchev–Trinajstić information content (AvgIpc) is 2.28. The lowest BCUT2D eigenvalue weighted by atomic mass is 10.1. The minimum Gasteiger partial charge on any atom is -0.304 e. The lowest BCUT2D eigenvalue weighted by molar-refractivity contribution is 0.0963. The Morgan fingerprint density at radius 1 is 1.41 bits per heavy atom. The molecule has 0 heterocycles. The van der Waals surface area contributed by atoms with Gasteiger partial charge in [-0.05, 0) is 39.4 Å². The molecule has 0 saturated carbocycles. The minimum atomic E-state index is -0.312. The number of hydrogen-bond acceptors (Lipinski definition) is 2. The Kier molecular flexibility index (Phi) is 4.82. The van der Waals surface area contributed by atoms with Crippen LogP contribution < -0.4 is 0 Å². The van der Waals surface area contributed by atoms with Crippen LogP contribution in [0.5, 0.6) is 0 Å². The number of carbonyl (C=O) groups is 1. The molecule has 0 spiro atoms. The van der Waals surface area contributed by atoms with Gasteiger partial charge in [0.15, 0.2) is 5.78 Å². The molecule has 1 rings (SSSR count). The number of benzene rings is 1. The van der Waals surface area contributed by atoms with Crippen molar-refractivity contribution in [1.29, 1.82) is 0 Å². The fourth-order valence-corrected chi connectivity index (χ4v) is 1.45. The fourth-order valence-electron chi connectivity index (χ4n) is 1.45. The van der Waals surface area contributed by atoms with Crippen LogP contribution in [0.3, 0.4) is 0 Å². The van der Waals surface area contributed by atoms with E-state index < -0.39 is 0 Å². The summed E-state index contributed by atoms with van der Waals surface area (Å²) in [6, 6.07) is 5.08. The van der Waals surface area contributed by atoms with Crippen LogP contribution in [0.1, 0.15) is 36.2 Å². The summed E-state index contributed by atoms with van der Waals surface area (Å²) in [4.78, 5) is 13.9. The second-order valence-electron chi connectivity index (χ2n) is 4.71. The van der Waals surface area contributed by atoms with Crippen molar-refractivity contribution in [3.05, 3.63) is 35.1 Å². The molecular formula is C14H20FNO. The Labute approximate surface area is 102 Å². The first-order chi connectivity index (χ1) is 7.91. The maximum Gasteiger partial charge on any atom is 0.164 e. The minimum absolute atomic E-state index is 0.00333. The molecule has 0 aliphatic heterocycles. The van der Waals surface area contributed by atoms with Crippen LogP contribution in [0.2, 0.25) is 0 Å². The lowest BCUT2D eigenvalue weighted by Gasteiger charge is -2.20. The Balaban J connectivity index is 2.61. The van der Waals surface area contributed by atoms with E-state index in [1.165, 1.54) is 6.07 Å². The first-order valence-electron chi connectivity index (χ1n) is 5.91. The molecule has 1 aromatic rings. The highest BCUT2D eigenvalue weighted by Gasteiger charge is 2.10. The smallest absolute Gasteiger partial charge is 0.164 e. The molecule has 3 heteroatoms. The summed E-state index contributed by atoms with van der Waals surface area (Å²) in [5.41, 5.74) is 1.03. The molecule has 2 nitrogen and oxygen atoms in total. The van der Waals surface area contributed by atoms with Gasteiger partial charge in [-0.2, -0.15) is 0 Å². The maximum absolute atomic E-state index is 13.3. The van der Waals surface area contributed by atoms with Crippen LogP contribution in [0, 0.1) is 12.7 Å². The molecule has 0 unspecified atom stereocenters. The molecule has 17 heavy (non-hydrogen) atoms. The zero-order valence-corrected chi connectivity index (χ0v) is 11.0. The van der Waals surface area contributed by atoms with E-state index in [1.807, 2.05) is 7.05 Å². The van der Waals surface area contributed by atoms with Crippen molar-refractivity contribution in [3.8, 4) is 0 Å². The Morgan fingerprint density at radius 3 is 2.59 bits per heavy atom. The van der Waals surface area contributed by atoms with Crippen LogP contribution >= 0.6 is 0 Å². The molecule has 0 aliphatic carbocycles.